The summed E-state index contributed by atoms with van der Waals surface area (Å²) in [7, 11) is 3.44. The highest BCUT2D eigenvalue weighted by molar-refractivity contribution is 5.89. The predicted molar refractivity (Wildman–Crippen MR) is 145 cm³/mol. The van der Waals surface area contributed by atoms with Gasteiger partial charge in [0.05, 0.1) is 12.5 Å². The fourth-order valence-corrected chi connectivity index (χ4v) is 4.68. The molecule has 0 spiro atoms. The monoisotopic (exact) mass is 490 g/mol. The van der Waals surface area contributed by atoms with Crippen molar-refractivity contribution in [3.05, 3.63) is 76.7 Å². The topological polar surface area (TPSA) is 75.6 Å². The number of fused-ring (bicyclic) bond motifs is 1. The smallest absolute Gasteiger partial charge is 0.250 e. The number of nitrogens with one attached hydrogen (secondary N) is 2. The third kappa shape index (κ3) is 6.95. The lowest BCUT2D eigenvalue weighted by molar-refractivity contribution is -0.137. The first-order valence-corrected chi connectivity index (χ1v) is 12.9. The number of rotatable bonds is 8. The molecule has 1 atom stereocenters. The fourth-order valence-electron chi connectivity index (χ4n) is 4.68. The number of nitrogens with zero attached hydrogens (tertiary/aromatic N) is 2. The number of ether oxygens (including phenoxy) is 1. The molecule has 2 N–H and O–H groups in total. The highest BCUT2D eigenvalue weighted by Gasteiger charge is 2.36. The van der Waals surface area contributed by atoms with Crippen LogP contribution in [-0.2, 0) is 23.1 Å². The Hall–Kier alpha value is -3.16. The van der Waals surface area contributed by atoms with Crippen molar-refractivity contribution in [1.29, 1.82) is 0 Å². The largest absolute Gasteiger partial charge is 0.383 e. The Balaban J connectivity index is 0.000000325. The van der Waals surface area contributed by atoms with Gasteiger partial charge in [0.2, 0.25) is 11.5 Å². The van der Waals surface area contributed by atoms with E-state index in [4.69, 9.17) is 4.74 Å². The molecule has 1 saturated heterocycles. The molecule has 0 bridgehead atoms. The number of methoxy groups -OCH3 is 1. The summed E-state index contributed by atoms with van der Waals surface area (Å²) in [5.41, 5.74) is 2.35. The van der Waals surface area contributed by atoms with Crippen molar-refractivity contribution in [3.8, 4) is 0 Å². The van der Waals surface area contributed by atoms with Crippen molar-refractivity contribution in [1.82, 2.24) is 14.8 Å². The zero-order valence-electron chi connectivity index (χ0n) is 21.4. The first-order chi connectivity index (χ1) is 17.6. The van der Waals surface area contributed by atoms with Gasteiger partial charge in [-0.1, -0.05) is 30.3 Å². The van der Waals surface area contributed by atoms with Crippen LogP contribution in [0.4, 0.5) is 5.69 Å². The van der Waals surface area contributed by atoms with Gasteiger partial charge in [-0.2, -0.15) is 0 Å². The summed E-state index contributed by atoms with van der Waals surface area (Å²) >= 11 is 0. The second-order valence-corrected chi connectivity index (χ2v) is 9.67. The van der Waals surface area contributed by atoms with E-state index in [0.29, 0.717) is 25.1 Å². The van der Waals surface area contributed by atoms with Crippen LogP contribution < -0.4 is 16.2 Å². The van der Waals surface area contributed by atoms with Gasteiger partial charge < -0.3 is 24.8 Å². The maximum absolute atomic E-state index is 13.3. The van der Waals surface area contributed by atoms with E-state index in [2.05, 4.69) is 51.9 Å². The van der Waals surface area contributed by atoms with E-state index < -0.39 is 0 Å². The van der Waals surface area contributed by atoms with Crippen molar-refractivity contribution in [3.63, 3.8) is 0 Å². The number of amides is 1. The van der Waals surface area contributed by atoms with E-state index in [1.54, 1.807) is 26.4 Å². The highest BCUT2D eigenvalue weighted by atomic mass is 16.5. The van der Waals surface area contributed by atoms with Crippen LogP contribution in [0.2, 0.25) is 0 Å². The molecule has 36 heavy (non-hydrogen) atoms. The normalized spacial score (nSPS) is 17.2. The van der Waals surface area contributed by atoms with Gasteiger partial charge in [0.1, 0.15) is 0 Å². The lowest BCUT2D eigenvalue weighted by Gasteiger charge is -2.30. The van der Waals surface area contributed by atoms with Crippen LogP contribution in [0.1, 0.15) is 31.2 Å². The van der Waals surface area contributed by atoms with Crippen LogP contribution in [-0.4, -0.2) is 54.8 Å². The van der Waals surface area contributed by atoms with Gasteiger partial charge in [-0.3, -0.25) is 9.59 Å². The molecule has 7 nitrogen and oxygen atoms in total. The van der Waals surface area contributed by atoms with Crippen LogP contribution in [0.15, 0.2) is 65.6 Å². The maximum Gasteiger partial charge on any atom is 0.250 e. The van der Waals surface area contributed by atoms with Crippen LogP contribution in [0.3, 0.4) is 0 Å². The first kappa shape index (κ1) is 25.9. The Bertz CT molecular complexity index is 1200. The molecular formula is C29H38N4O3. The van der Waals surface area contributed by atoms with E-state index in [1.807, 2.05) is 6.07 Å². The van der Waals surface area contributed by atoms with Crippen molar-refractivity contribution in [2.45, 2.75) is 38.3 Å². The van der Waals surface area contributed by atoms with Gasteiger partial charge in [0.25, 0.3) is 0 Å². The quantitative estimate of drug-likeness (QED) is 0.470. The van der Waals surface area contributed by atoms with Gasteiger partial charge in [-0.05, 0) is 66.8 Å². The van der Waals surface area contributed by atoms with Crippen LogP contribution in [0.5, 0.6) is 0 Å². The zero-order valence-corrected chi connectivity index (χ0v) is 21.4. The summed E-state index contributed by atoms with van der Waals surface area (Å²) in [6.07, 6.45) is 6.10. The number of aryl methyl sites for hydroxylation is 1. The van der Waals surface area contributed by atoms with Gasteiger partial charge >= 0.3 is 0 Å². The van der Waals surface area contributed by atoms with Gasteiger partial charge in [-0.15, -0.1) is 0 Å². The summed E-state index contributed by atoms with van der Waals surface area (Å²) in [5, 5.41) is 9.29. The molecule has 1 unspecified atom stereocenters. The first-order valence-electron chi connectivity index (χ1n) is 12.9. The molecule has 7 heteroatoms. The lowest BCUT2D eigenvalue weighted by atomic mass is 9.97. The second-order valence-electron chi connectivity index (χ2n) is 9.67. The van der Waals surface area contributed by atoms with Gasteiger partial charge in [-0.25, -0.2) is 0 Å². The van der Waals surface area contributed by atoms with E-state index in [1.165, 1.54) is 27.0 Å². The van der Waals surface area contributed by atoms with E-state index >= 15 is 0 Å². The molecule has 1 aliphatic carbocycles. The molecule has 2 aromatic carbocycles. The minimum absolute atomic E-state index is 0.0347. The Kier molecular flexibility index (Phi) is 9.14. The van der Waals surface area contributed by atoms with E-state index in [9.17, 15) is 9.59 Å². The summed E-state index contributed by atoms with van der Waals surface area (Å²) in [5.74, 6) is 0.458. The molecule has 0 radical (unpaired) electrons. The molecule has 1 saturated carbocycles. The van der Waals surface area contributed by atoms with Crippen LogP contribution in [0, 0.1) is 5.92 Å². The Labute approximate surface area is 213 Å². The Morgan fingerprint density at radius 2 is 1.94 bits per heavy atom. The molecule has 5 rings (SSSR count). The third-order valence-electron chi connectivity index (χ3n) is 6.85. The molecular weight excluding hydrogens is 452 g/mol. The Morgan fingerprint density at radius 1 is 1.14 bits per heavy atom. The number of pyridine rings is 1. The number of piperidine rings is 1. The molecule has 2 fully saturated rings. The lowest BCUT2D eigenvalue weighted by Crippen LogP contribution is -2.43. The number of carbonyl (C=O) groups is 1. The van der Waals surface area contributed by atoms with Crippen molar-refractivity contribution in [2.24, 2.45) is 13.0 Å². The fraction of sp³-hybridized carbons (Fsp3) is 0.448. The van der Waals surface area contributed by atoms with Gasteiger partial charge in [0, 0.05) is 57.8 Å². The average Bonchev–Trinajstić information content (AvgIpc) is 3.75. The molecule has 1 aliphatic heterocycles. The van der Waals surface area contributed by atoms with Crippen LogP contribution >= 0.6 is 0 Å². The highest BCUT2D eigenvalue weighted by Crippen LogP contribution is 2.33. The van der Waals surface area contributed by atoms with E-state index in [-0.39, 0.29) is 11.5 Å². The molecule has 1 amide bonds. The molecule has 3 aromatic rings. The summed E-state index contributed by atoms with van der Waals surface area (Å²) in [6.45, 7) is 3.99. The van der Waals surface area contributed by atoms with Crippen molar-refractivity contribution < 1.29 is 9.53 Å². The molecule has 2 aliphatic rings. The average molecular weight is 491 g/mol. The number of anilines is 1. The number of carbonyl (C=O) groups excluding carboxylic acids is 1. The number of aromatic nitrogens is 1. The number of hydrogen-bond acceptors (Lipinski definition) is 5. The second kappa shape index (κ2) is 12.7. The van der Waals surface area contributed by atoms with Crippen LogP contribution in [0.25, 0.3) is 10.8 Å². The maximum atomic E-state index is 13.3. The zero-order chi connectivity index (χ0) is 25.3. The predicted octanol–water partition coefficient (Wildman–Crippen LogP) is 3.77. The van der Waals surface area contributed by atoms with E-state index in [0.717, 1.165) is 51.0 Å². The summed E-state index contributed by atoms with van der Waals surface area (Å²) < 4.78 is 6.69. The molecule has 2 heterocycles. The Morgan fingerprint density at radius 3 is 2.61 bits per heavy atom. The molecule has 192 valence electrons. The number of hydrogen-bond donors (Lipinski definition) is 2. The number of benzene rings is 2. The molecule has 1 aromatic heterocycles. The minimum Gasteiger partial charge on any atom is -0.383 e. The summed E-state index contributed by atoms with van der Waals surface area (Å²) in [4.78, 5) is 26.0. The van der Waals surface area contributed by atoms with Crippen molar-refractivity contribution >= 4 is 22.4 Å². The SMILES string of the molecule is COCCNc1cc(CN(C(=O)C2CCCNC2)C2CC2)c2ccccc2c1.Cn1ccccc1=O. The van der Waals surface area contributed by atoms with Crippen molar-refractivity contribution in [2.75, 3.05) is 38.7 Å². The standard InChI is InChI=1S/C23H31N3O2.C6H7NO/c1-28-12-11-25-20-13-17-5-2-3-7-22(17)19(14-20)16-26(21-8-9-21)23(27)18-6-4-10-24-15-18;1-7-5-3-2-4-6(7)8/h2-3,5,7,13-14,18,21,24-25H,4,6,8-12,15-16H2,1H3;2-5H,1H3. The third-order valence-corrected chi connectivity index (χ3v) is 6.85. The minimum atomic E-state index is 0.0347. The summed E-state index contributed by atoms with van der Waals surface area (Å²) in [6, 6.07) is 18.3. The van der Waals surface area contributed by atoms with Gasteiger partial charge in [0.15, 0.2) is 0 Å².